The van der Waals surface area contributed by atoms with E-state index < -0.39 is 15.8 Å². The number of rotatable bonds is 3. The molecule has 0 radical (unpaired) electrons. The standard InChI is InChI=1S/C14H13ClFNO2S/c1-9-3-4-10(2)14(7-9)20(18,19)17-13-6-5-11(16)8-12(13)15/h3-8,17H,1-2H3. The number of halogens is 2. The van der Waals surface area contributed by atoms with Crippen molar-refractivity contribution in [3.05, 3.63) is 58.4 Å². The van der Waals surface area contributed by atoms with Crippen LogP contribution in [-0.2, 0) is 10.0 Å². The van der Waals surface area contributed by atoms with Crippen molar-refractivity contribution in [3.8, 4) is 0 Å². The van der Waals surface area contributed by atoms with Gasteiger partial charge in [0.05, 0.1) is 15.6 Å². The minimum absolute atomic E-state index is 0.0129. The Labute approximate surface area is 122 Å². The van der Waals surface area contributed by atoms with Crippen LogP contribution >= 0.6 is 11.6 Å². The Morgan fingerprint density at radius 2 is 1.80 bits per heavy atom. The molecule has 0 aromatic heterocycles. The van der Waals surface area contributed by atoms with Gasteiger partial charge in [-0.3, -0.25) is 4.72 Å². The van der Waals surface area contributed by atoms with Crippen molar-refractivity contribution in [2.75, 3.05) is 4.72 Å². The highest BCUT2D eigenvalue weighted by Crippen LogP contribution is 2.26. The number of anilines is 1. The van der Waals surface area contributed by atoms with Gasteiger partial charge in [-0.1, -0.05) is 23.7 Å². The highest BCUT2D eigenvalue weighted by molar-refractivity contribution is 7.92. The van der Waals surface area contributed by atoms with Crippen LogP contribution in [0.15, 0.2) is 41.3 Å². The lowest BCUT2D eigenvalue weighted by molar-refractivity contribution is 0.600. The van der Waals surface area contributed by atoms with Crippen LogP contribution in [0, 0.1) is 19.7 Å². The second kappa shape index (κ2) is 5.42. The molecule has 0 unspecified atom stereocenters. The normalized spacial score (nSPS) is 11.4. The number of hydrogen-bond donors (Lipinski definition) is 1. The predicted molar refractivity (Wildman–Crippen MR) is 78.1 cm³/mol. The summed E-state index contributed by atoms with van der Waals surface area (Å²) in [7, 11) is -3.76. The molecule has 3 nitrogen and oxygen atoms in total. The number of hydrogen-bond acceptors (Lipinski definition) is 2. The highest BCUT2D eigenvalue weighted by atomic mass is 35.5. The van der Waals surface area contributed by atoms with Gasteiger partial charge in [0, 0.05) is 0 Å². The molecular weight excluding hydrogens is 301 g/mol. The summed E-state index contributed by atoms with van der Waals surface area (Å²) < 4.78 is 40.0. The van der Waals surface area contributed by atoms with Crippen LogP contribution in [0.3, 0.4) is 0 Å². The van der Waals surface area contributed by atoms with E-state index in [-0.39, 0.29) is 15.6 Å². The number of sulfonamides is 1. The molecule has 0 saturated heterocycles. The van der Waals surface area contributed by atoms with Crippen LogP contribution in [0.1, 0.15) is 11.1 Å². The molecule has 0 bridgehead atoms. The molecule has 0 aliphatic rings. The van der Waals surface area contributed by atoms with Crippen molar-refractivity contribution >= 4 is 27.3 Å². The predicted octanol–water partition coefficient (Wildman–Crippen LogP) is 3.90. The number of aryl methyl sites for hydroxylation is 2. The van der Waals surface area contributed by atoms with E-state index in [1.54, 1.807) is 19.1 Å². The lowest BCUT2D eigenvalue weighted by atomic mass is 10.2. The van der Waals surface area contributed by atoms with Crippen LogP contribution < -0.4 is 4.72 Å². The minimum Gasteiger partial charge on any atom is -0.278 e. The first kappa shape index (κ1) is 14.8. The Bertz CT molecular complexity index is 760. The van der Waals surface area contributed by atoms with Gasteiger partial charge in [-0.05, 0) is 49.2 Å². The van der Waals surface area contributed by atoms with E-state index >= 15 is 0 Å². The van der Waals surface area contributed by atoms with Crippen LogP contribution in [0.5, 0.6) is 0 Å². The van der Waals surface area contributed by atoms with Gasteiger partial charge in [0.15, 0.2) is 0 Å². The van der Waals surface area contributed by atoms with E-state index in [9.17, 15) is 12.8 Å². The van der Waals surface area contributed by atoms with E-state index in [0.717, 1.165) is 17.7 Å². The maximum absolute atomic E-state index is 13.0. The largest absolute Gasteiger partial charge is 0.278 e. The Morgan fingerprint density at radius 1 is 1.10 bits per heavy atom. The molecule has 2 aromatic rings. The lowest BCUT2D eigenvalue weighted by Crippen LogP contribution is -2.14. The van der Waals surface area contributed by atoms with Crippen molar-refractivity contribution in [1.29, 1.82) is 0 Å². The fraction of sp³-hybridized carbons (Fsp3) is 0.143. The molecule has 20 heavy (non-hydrogen) atoms. The molecule has 0 fully saturated rings. The van der Waals surface area contributed by atoms with Crippen LogP contribution in [0.4, 0.5) is 10.1 Å². The van der Waals surface area contributed by atoms with E-state index in [2.05, 4.69) is 4.72 Å². The second-order valence-electron chi connectivity index (χ2n) is 4.50. The van der Waals surface area contributed by atoms with Crippen LogP contribution in [0.2, 0.25) is 5.02 Å². The average Bonchev–Trinajstić information content (AvgIpc) is 2.35. The summed E-state index contributed by atoms with van der Waals surface area (Å²) in [4.78, 5) is 0.179. The first-order valence-electron chi connectivity index (χ1n) is 5.85. The van der Waals surface area contributed by atoms with E-state index in [0.29, 0.717) is 5.56 Å². The zero-order valence-electron chi connectivity index (χ0n) is 10.9. The van der Waals surface area contributed by atoms with Crippen molar-refractivity contribution in [1.82, 2.24) is 0 Å². The summed E-state index contributed by atoms with van der Waals surface area (Å²) in [6.45, 7) is 3.52. The monoisotopic (exact) mass is 313 g/mol. The molecule has 0 heterocycles. The van der Waals surface area contributed by atoms with Gasteiger partial charge in [-0.2, -0.15) is 0 Å². The molecule has 0 aliphatic heterocycles. The highest BCUT2D eigenvalue weighted by Gasteiger charge is 2.18. The molecule has 0 atom stereocenters. The SMILES string of the molecule is Cc1ccc(C)c(S(=O)(=O)Nc2ccc(F)cc2Cl)c1. The zero-order valence-corrected chi connectivity index (χ0v) is 12.5. The van der Waals surface area contributed by atoms with E-state index in [1.165, 1.54) is 6.07 Å². The molecule has 2 rings (SSSR count). The Morgan fingerprint density at radius 3 is 2.45 bits per heavy atom. The van der Waals surface area contributed by atoms with Gasteiger partial charge in [0.2, 0.25) is 0 Å². The van der Waals surface area contributed by atoms with E-state index in [4.69, 9.17) is 11.6 Å². The van der Waals surface area contributed by atoms with E-state index in [1.807, 2.05) is 13.0 Å². The Balaban J connectivity index is 2.43. The molecule has 0 spiro atoms. The van der Waals surface area contributed by atoms with Gasteiger partial charge in [-0.25, -0.2) is 12.8 Å². The Hall–Kier alpha value is -1.59. The number of benzene rings is 2. The third-order valence-electron chi connectivity index (χ3n) is 2.81. The maximum atomic E-state index is 13.0. The van der Waals surface area contributed by atoms with Crippen molar-refractivity contribution in [2.45, 2.75) is 18.7 Å². The summed E-state index contributed by atoms with van der Waals surface area (Å²) in [5.74, 6) is -0.523. The van der Waals surface area contributed by atoms with Crippen molar-refractivity contribution in [3.63, 3.8) is 0 Å². The maximum Gasteiger partial charge on any atom is 0.262 e. The summed E-state index contributed by atoms with van der Waals surface area (Å²) in [6.07, 6.45) is 0. The lowest BCUT2D eigenvalue weighted by Gasteiger charge is -2.12. The number of nitrogens with one attached hydrogen (secondary N) is 1. The molecule has 0 aliphatic carbocycles. The molecule has 6 heteroatoms. The fourth-order valence-electron chi connectivity index (χ4n) is 1.77. The smallest absolute Gasteiger partial charge is 0.262 e. The minimum atomic E-state index is -3.76. The summed E-state index contributed by atoms with van der Waals surface area (Å²) in [6, 6.07) is 8.64. The van der Waals surface area contributed by atoms with Gasteiger partial charge in [0.1, 0.15) is 5.82 Å². The van der Waals surface area contributed by atoms with Gasteiger partial charge >= 0.3 is 0 Å². The van der Waals surface area contributed by atoms with Gasteiger partial charge < -0.3 is 0 Å². The fourth-order valence-corrected chi connectivity index (χ4v) is 3.45. The topological polar surface area (TPSA) is 46.2 Å². The molecule has 0 saturated carbocycles. The molecular formula is C14H13ClFNO2S. The first-order valence-corrected chi connectivity index (χ1v) is 7.71. The summed E-state index contributed by atoms with van der Waals surface area (Å²) in [5.41, 5.74) is 1.61. The quantitative estimate of drug-likeness (QED) is 0.934. The molecule has 106 valence electrons. The first-order chi connectivity index (χ1) is 9.29. The molecule has 1 N–H and O–H groups in total. The Kier molecular flexibility index (Phi) is 4.01. The van der Waals surface area contributed by atoms with Crippen molar-refractivity contribution in [2.24, 2.45) is 0 Å². The zero-order chi connectivity index (χ0) is 14.9. The molecule has 2 aromatic carbocycles. The van der Waals surface area contributed by atoms with Crippen LogP contribution in [0.25, 0.3) is 0 Å². The van der Waals surface area contributed by atoms with Gasteiger partial charge in [0.25, 0.3) is 10.0 Å². The molecule has 0 amide bonds. The van der Waals surface area contributed by atoms with Crippen LogP contribution in [-0.4, -0.2) is 8.42 Å². The van der Waals surface area contributed by atoms with Crippen molar-refractivity contribution < 1.29 is 12.8 Å². The summed E-state index contributed by atoms with van der Waals surface area (Å²) >= 11 is 5.83. The van der Waals surface area contributed by atoms with Gasteiger partial charge in [-0.15, -0.1) is 0 Å². The second-order valence-corrected chi connectivity index (χ2v) is 6.56. The third kappa shape index (κ3) is 3.11. The third-order valence-corrected chi connectivity index (χ3v) is 4.63. The summed E-state index contributed by atoms with van der Waals surface area (Å²) in [5, 5.41) is 0.0129. The average molecular weight is 314 g/mol.